The van der Waals surface area contributed by atoms with Crippen molar-refractivity contribution in [3.05, 3.63) is 35.9 Å². The minimum atomic E-state index is -1.01. The molecule has 19 heavy (non-hydrogen) atoms. The lowest BCUT2D eigenvalue weighted by Crippen LogP contribution is -2.35. The first-order valence-corrected chi connectivity index (χ1v) is 5.80. The van der Waals surface area contributed by atoms with Crippen LogP contribution in [-0.4, -0.2) is 32.3 Å². The number of carbonyl (C=O) groups excluding carboxylic acids is 2. The Morgan fingerprint density at radius 3 is 2.32 bits per heavy atom. The number of hydrogen-bond donors (Lipinski definition) is 1. The first-order valence-electron chi connectivity index (χ1n) is 5.80. The fourth-order valence-electron chi connectivity index (χ4n) is 2.11. The number of benzene rings is 1. The summed E-state index contributed by atoms with van der Waals surface area (Å²) in [7, 11) is 2.52. The number of carbonyl (C=O) groups is 2. The molecule has 3 atom stereocenters. The van der Waals surface area contributed by atoms with Crippen LogP contribution in [0.25, 0.3) is 0 Å². The van der Waals surface area contributed by atoms with Gasteiger partial charge in [-0.3, -0.25) is 9.63 Å². The second-order valence-corrected chi connectivity index (χ2v) is 4.12. The highest BCUT2D eigenvalue weighted by Gasteiger charge is 2.48. The van der Waals surface area contributed by atoms with Crippen LogP contribution in [0.15, 0.2) is 30.3 Å². The number of rotatable bonds is 3. The predicted octanol–water partition coefficient (Wildman–Crippen LogP) is 0.593. The molecule has 0 bridgehead atoms. The Balaban J connectivity index is 2.29. The van der Waals surface area contributed by atoms with Gasteiger partial charge in [0.05, 0.1) is 20.3 Å². The molecule has 0 amide bonds. The van der Waals surface area contributed by atoms with Gasteiger partial charge in [-0.25, -0.2) is 4.79 Å². The van der Waals surface area contributed by atoms with E-state index in [2.05, 4.69) is 10.2 Å². The van der Waals surface area contributed by atoms with Crippen LogP contribution in [0.4, 0.5) is 0 Å². The Morgan fingerprint density at radius 1 is 1.11 bits per heavy atom. The maximum absolute atomic E-state index is 11.9. The molecule has 0 unspecified atom stereocenters. The third kappa shape index (κ3) is 2.59. The minimum absolute atomic E-state index is 0.447. The summed E-state index contributed by atoms with van der Waals surface area (Å²) in [6.45, 7) is 0. The van der Waals surface area contributed by atoms with Crippen molar-refractivity contribution in [1.82, 2.24) is 5.48 Å². The molecule has 2 rings (SSSR count). The molecule has 1 aliphatic heterocycles. The van der Waals surface area contributed by atoms with Gasteiger partial charge in [0.1, 0.15) is 5.92 Å². The van der Waals surface area contributed by atoms with E-state index in [-0.39, 0.29) is 0 Å². The molecule has 0 spiro atoms. The van der Waals surface area contributed by atoms with E-state index >= 15 is 0 Å². The van der Waals surface area contributed by atoms with E-state index in [0.29, 0.717) is 0 Å². The van der Waals surface area contributed by atoms with Crippen LogP contribution < -0.4 is 5.48 Å². The Kier molecular flexibility index (Phi) is 4.13. The van der Waals surface area contributed by atoms with E-state index in [1.807, 2.05) is 30.3 Å². The fraction of sp³-hybridized carbons (Fsp3) is 0.385. The summed E-state index contributed by atoms with van der Waals surface area (Å²) in [4.78, 5) is 28.7. The van der Waals surface area contributed by atoms with Crippen molar-refractivity contribution in [3.8, 4) is 0 Å². The molecule has 0 saturated carbocycles. The Morgan fingerprint density at radius 2 is 1.74 bits per heavy atom. The summed E-state index contributed by atoms with van der Waals surface area (Å²) < 4.78 is 9.38. The van der Waals surface area contributed by atoms with Crippen LogP contribution >= 0.6 is 0 Å². The number of hydroxylamine groups is 1. The topological polar surface area (TPSA) is 73.9 Å². The summed E-state index contributed by atoms with van der Waals surface area (Å²) >= 11 is 0. The average Bonchev–Trinajstić information content (AvgIpc) is 2.91. The van der Waals surface area contributed by atoms with E-state index in [4.69, 9.17) is 9.57 Å². The summed E-state index contributed by atoms with van der Waals surface area (Å²) in [5.41, 5.74) is 3.54. The smallest absolute Gasteiger partial charge is 0.338 e. The number of nitrogens with one attached hydrogen (secondary N) is 1. The average molecular weight is 265 g/mol. The van der Waals surface area contributed by atoms with Crippen molar-refractivity contribution < 1.29 is 23.9 Å². The van der Waals surface area contributed by atoms with Crippen molar-refractivity contribution in [2.24, 2.45) is 5.92 Å². The molecule has 0 radical (unpaired) electrons. The third-order valence-electron chi connectivity index (χ3n) is 3.07. The van der Waals surface area contributed by atoms with Crippen LogP contribution in [0.2, 0.25) is 0 Å². The molecule has 0 aromatic heterocycles. The highest BCUT2D eigenvalue weighted by Crippen LogP contribution is 2.33. The van der Waals surface area contributed by atoms with Crippen LogP contribution in [-0.2, 0) is 23.9 Å². The summed E-state index contributed by atoms with van der Waals surface area (Å²) in [5.74, 6) is -1.91. The maximum Gasteiger partial charge on any atom is 0.338 e. The lowest BCUT2D eigenvalue weighted by Gasteiger charge is -2.18. The molecule has 1 aromatic carbocycles. The van der Waals surface area contributed by atoms with Crippen molar-refractivity contribution >= 4 is 11.9 Å². The summed E-state index contributed by atoms with van der Waals surface area (Å²) in [6.07, 6.45) is -1.01. The van der Waals surface area contributed by atoms with Crippen LogP contribution in [0.1, 0.15) is 11.6 Å². The van der Waals surface area contributed by atoms with Crippen LogP contribution in [0, 0.1) is 5.92 Å². The van der Waals surface area contributed by atoms with Gasteiger partial charge in [0, 0.05) is 0 Å². The first kappa shape index (κ1) is 13.5. The highest BCUT2D eigenvalue weighted by atomic mass is 16.7. The summed E-state index contributed by atoms with van der Waals surface area (Å²) in [6, 6.07) is 8.79. The van der Waals surface area contributed by atoms with Crippen molar-refractivity contribution in [3.63, 3.8) is 0 Å². The van der Waals surface area contributed by atoms with Gasteiger partial charge in [0.25, 0.3) is 0 Å². The maximum atomic E-state index is 11.9. The van der Waals surface area contributed by atoms with Crippen molar-refractivity contribution in [1.29, 1.82) is 0 Å². The summed E-state index contributed by atoms with van der Waals surface area (Å²) in [5, 5.41) is 0. The molecule has 1 aromatic rings. The molecule has 6 nitrogen and oxygen atoms in total. The van der Waals surface area contributed by atoms with Gasteiger partial charge < -0.3 is 9.47 Å². The third-order valence-corrected chi connectivity index (χ3v) is 3.07. The number of esters is 2. The van der Waals surface area contributed by atoms with E-state index < -0.39 is 30.0 Å². The van der Waals surface area contributed by atoms with Gasteiger partial charge in [-0.15, -0.1) is 0 Å². The molecule has 0 aliphatic carbocycles. The van der Waals surface area contributed by atoms with Gasteiger partial charge in [-0.2, -0.15) is 5.48 Å². The Bertz CT molecular complexity index is 461. The zero-order valence-electron chi connectivity index (χ0n) is 10.7. The molecular formula is C13H15NO5. The monoisotopic (exact) mass is 265 g/mol. The lowest BCUT2D eigenvalue weighted by molar-refractivity contribution is -0.162. The lowest BCUT2D eigenvalue weighted by atomic mass is 9.90. The van der Waals surface area contributed by atoms with Gasteiger partial charge in [0.2, 0.25) is 0 Å². The molecular weight excluding hydrogens is 250 g/mol. The highest BCUT2D eigenvalue weighted by molar-refractivity contribution is 5.85. The van der Waals surface area contributed by atoms with Gasteiger partial charge in [-0.05, 0) is 5.56 Å². The van der Waals surface area contributed by atoms with E-state index in [1.54, 1.807) is 0 Å². The largest absolute Gasteiger partial charge is 0.469 e. The zero-order valence-corrected chi connectivity index (χ0v) is 10.7. The second-order valence-electron chi connectivity index (χ2n) is 4.12. The van der Waals surface area contributed by atoms with E-state index in [0.717, 1.165) is 5.56 Å². The van der Waals surface area contributed by atoms with Crippen molar-refractivity contribution in [2.45, 2.75) is 12.1 Å². The minimum Gasteiger partial charge on any atom is -0.469 e. The number of hydrogen-bond acceptors (Lipinski definition) is 6. The van der Waals surface area contributed by atoms with Gasteiger partial charge >= 0.3 is 11.9 Å². The molecule has 6 heteroatoms. The van der Waals surface area contributed by atoms with Crippen LogP contribution in [0.3, 0.4) is 0 Å². The predicted molar refractivity (Wildman–Crippen MR) is 64.7 cm³/mol. The second kappa shape index (κ2) is 5.81. The molecule has 1 fully saturated rings. The Hall–Kier alpha value is -1.92. The Labute approximate surface area is 110 Å². The standard InChI is InChI=1S/C13H15NO5/c1-17-12(15)9-10(8-6-4-3-5-7-8)14-19-11(9)13(16)18-2/h3-7,9-11,14H,1-2H3/t9-,10-,11+/m1/s1. The van der Waals surface area contributed by atoms with Gasteiger partial charge in [-0.1, -0.05) is 30.3 Å². The van der Waals surface area contributed by atoms with E-state index in [1.165, 1.54) is 14.2 Å². The zero-order chi connectivity index (χ0) is 13.8. The molecule has 1 saturated heterocycles. The van der Waals surface area contributed by atoms with Crippen molar-refractivity contribution in [2.75, 3.05) is 14.2 Å². The quantitative estimate of drug-likeness (QED) is 0.806. The number of methoxy groups -OCH3 is 2. The fourth-order valence-corrected chi connectivity index (χ4v) is 2.11. The number of ether oxygens (including phenoxy) is 2. The van der Waals surface area contributed by atoms with Crippen LogP contribution in [0.5, 0.6) is 0 Å². The molecule has 102 valence electrons. The van der Waals surface area contributed by atoms with Gasteiger partial charge in [0.15, 0.2) is 6.10 Å². The molecule has 1 aliphatic rings. The van der Waals surface area contributed by atoms with E-state index in [9.17, 15) is 9.59 Å². The molecule has 1 N–H and O–H groups in total. The normalized spacial score (nSPS) is 25.9. The SMILES string of the molecule is COC(=O)[C@H]1[C@@H](C(=O)OC)ON[C@@H]1c1ccccc1. The molecule has 1 heterocycles. The first-order chi connectivity index (χ1) is 9.19.